The molecule has 6 nitrogen and oxygen atoms in total. The number of nitrogens with zero attached hydrogens (tertiary/aromatic N) is 2. The van der Waals surface area contributed by atoms with Crippen LogP contribution >= 0.6 is 11.6 Å². The van der Waals surface area contributed by atoms with Crippen molar-refractivity contribution in [1.29, 1.82) is 0 Å². The Kier molecular flexibility index (Phi) is 6.57. The predicted molar refractivity (Wildman–Crippen MR) is 122 cm³/mol. The number of aromatic nitrogens is 1. The van der Waals surface area contributed by atoms with E-state index in [9.17, 15) is 9.90 Å². The minimum Gasteiger partial charge on any atom is -0.489 e. The molecular weight excluding hydrogens is 414 g/mol. The SMILES string of the molecule is O=C(O)c1cnc(Cl)cc1NC1CCN(c2ccc(OCc3ccccc3)cc2)CC1. The molecule has 2 N–H and O–H groups in total. The molecule has 0 saturated carbocycles. The molecule has 2 aromatic carbocycles. The van der Waals surface area contributed by atoms with E-state index >= 15 is 0 Å². The van der Waals surface area contributed by atoms with Crippen molar-refractivity contribution in [2.24, 2.45) is 0 Å². The van der Waals surface area contributed by atoms with Crippen LogP contribution in [0.4, 0.5) is 11.4 Å². The maximum absolute atomic E-state index is 11.4. The lowest BCUT2D eigenvalue weighted by Gasteiger charge is -2.34. The van der Waals surface area contributed by atoms with E-state index in [2.05, 4.69) is 27.3 Å². The van der Waals surface area contributed by atoms with E-state index in [1.54, 1.807) is 6.07 Å². The van der Waals surface area contributed by atoms with Crippen molar-refractivity contribution < 1.29 is 14.6 Å². The summed E-state index contributed by atoms with van der Waals surface area (Å²) in [5.41, 5.74) is 2.95. The molecule has 1 aliphatic rings. The van der Waals surface area contributed by atoms with Crippen LogP contribution < -0.4 is 15.0 Å². The van der Waals surface area contributed by atoms with Gasteiger partial charge in [0.05, 0.1) is 5.69 Å². The molecule has 1 fully saturated rings. The standard InChI is InChI=1S/C24H24ClN3O3/c25-23-14-22(21(15-26-23)24(29)30)27-18-10-12-28(13-11-18)19-6-8-20(9-7-19)31-16-17-4-2-1-3-5-17/h1-9,14-15,18H,10-13,16H2,(H,26,27)(H,29,30). The molecule has 7 heteroatoms. The largest absolute Gasteiger partial charge is 0.489 e. The summed E-state index contributed by atoms with van der Waals surface area (Å²) in [5, 5.41) is 13.0. The third-order valence-corrected chi connectivity index (χ3v) is 5.61. The van der Waals surface area contributed by atoms with Gasteiger partial charge >= 0.3 is 5.97 Å². The molecule has 0 unspecified atom stereocenters. The number of ether oxygens (including phenoxy) is 1. The fourth-order valence-electron chi connectivity index (χ4n) is 3.72. The second-order valence-electron chi connectivity index (χ2n) is 7.53. The fourth-order valence-corrected chi connectivity index (χ4v) is 3.87. The molecule has 0 aliphatic carbocycles. The van der Waals surface area contributed by atoms with Crippen LogP contribution in [0.2, 0.25) is 5.15 Å². The van der Waals surface area contributed by atoms with Gasteiger partial charge in [0.25, 0.3) is 0 Å². The topological polar surface area (TPSA) is 74.7 Å². The van der Waals surface area contributed by atoms with Gasteiger partial charge in [-0.05, 0) is 48.7 Å². The van der Waals surface area contributed by atoms with Crippen LogP contribution in [0.3, 0.4) is 0 Å². The molecule has 0 atom stereocenters. The predicted octanol–water partition coefficient (Wildman–Crippen LogP) is 5.09. The van der Waals surface area contributed by atoms with Crippen LogP contribution in [0.15, 0.2) is 66.9 Å². The number of pyridine rings is 1. The molecule has 0 spiro atoms. The number of hydrogen-bond acceptors (Lipinski definition) is 5. The molecule has 1 aromatic heterocycles. The number of piperidine rings is 1. The lowest BCUT2D eigenvalue weighted by atomic mass is 10.0. The van der Waals surface area contributed by atoms with Gasteiger partial charge in [0.1, 0.15) is 23.1 Å². The van der Waals surface area contributed by atoms with Crippen molar-refractivity contribution in [3.05, 3.63) is 83.1 Å². The zero-order chi connectivity index (χ0) is 21.6. The second kappa shape index (κ2) is 9.71. The lowest BCUT2D eigenvalue weighted by molar-refractivity contribution is 0.0697. The molecule has 31 heavy (non-hydrogen) atoms. The van der Waals surface area contributed by atoms with Crippen LogP contribution in [0, 0.1) is 0 Å². The van der Waals surface area contributed by atoms with Crippen LogP contribution in [-0.4, -0.2) is 35.2 Å². The van der Waals surface area contributed by atoms with E-state index in [1.807, 2.05) is 42.5 Å². The average molecular weight is 438 g/mol. The Balaban J connectivity index is 1.31. The summed E-state index contributed by atoms with van der Waals surface area (Å²) >= 11 is 5.95. The van der Waals surface area contributed by atoms with Crippen molar-refractivity contribution >= 4 is 28.9 Å². The van der Waals surface area contributed by atoms with E-state index in [-0.39, 0.29) is 16.8 Å². The van der Waals surface area contributed by atoms with Crippen molar-refractivity contribution in [2.45, 2.75) is 25.5 Å². The molecule has 160 valence electrons. The van der Waals surface area contributed by atoms with E-state index in [4.69, 9.17) is 16.3 Å². The Morgan fingerprint density at radius 1 is 1.13 bits per heavy atom. The highest BCUT2D eigenvalue weighted by Crippen LogP contribution is 2.26. The van der Waals surface area contributed by atoms with Crippen LogP contribution in [0.25, 0.3) is 0 Å². The Hall–Kier alpha value is -3.25. The minimum absolute atomic E-state index is 0.137. The van der Waals surface area contributed by atoms with E-state index < -0.39 is 5.97 Å². The highest BCUT2D eigenvalue weighted by atomic mass is 35.5. The van der Waals surface area contributed by atoms with Gasteiger partial charge in [0.15, 0.2) is 0 Å². The summed E-state index contributed by atoms with van der Waals surface area (Å²) < 4.78 is 5.87. The second-order valence-corrected chi connectivity index (χ2v) is 7.92. The first-order chi connectivity index (χ1) is 15.1. The number of anilines is 2. The first kappa shape index (κ1) is 21.0. The fraction of sp³-hybridized carbons (Fsp3) is 0.250. The van der Waals surface area contributed by atoms with Gasteiger partial charge < -0.3 is 20.1 Å². The Morgan fingerprint density at radius 2 is 1.84 bits per heavy atom. The van der Waals surface area contributed by atoms with Crippen LogP contribution in [0.1, 0.15) is 28.8 Å². The molecule has 4 rings (SSSR count). The summed E-state index contributed by atoms with van der Waals surface area (Å²) in [5.74, 6) is -0.168. The van der Waals surface area contributed by atoms with Crippen molar-refractivity contribution in [2.75, 3.05) is 23.3 Å². The normalized spacial score (nSPS) is 14.3. The van der Waals surface area contributed by atoms with Gasteiger partial charge in [0, 0.05) is 31.0 Å². The first-order valence-corrected chi connectivity index (χ1v) is 10.6. The summed E-state index contributed by atoms with van der Waals surface area (Å²) in [6, 6.07) is 20.0. The number of benzene rings is 2. The molecule has 0 radical (unpaired) electrons. The Bertz CT molecular complexity index is 1020. The monoisotopic (exact) mass is 437 g/mol. The van der Waals surface area contributed by atoms with Crippen molar-refractivity contribution in [3.8, 4) is 5.75 Å². The number of carboxylic acid groups (broad SMARTS) is 1. The van der Waals surface area contributed by atoms with Gasteiger partial charge in [0.2, 0.25) is 0 Å². The maximum Gasteiger partial charge on any atom is 0.339 e. The minimum atomic E-state index is -1.02. The van der Waals surface area contributed by atoms with E-state index in [0.29, 0.717) is 12.3 Å². The summed E-state index contributed by atoms with van der Waals surface area (Å²) in [4.78, 5) is 17.6. The molecule has 1 aliphatic heterocycles. The number of carbonyl (C=O) groups is 1. The number of carboxylic acids is 1. The average Bonchev–Trinajstić information content (AvgIpc) is 2.79. The number of aromatic carboxylic acids is 1. The smallest absolute Gasteiger partial charge is 0.339 e. The van der Waals surface area contributed by atoms with E-state index in [0.717, 1.165) is 42.9 Å². The third-order valence-electron chi connectivity index (χ3n) is 5.41. The van der Waals surface area contributed by atoms with Gasteiger partial charge in [-0.15, -0.1) is 0 Å². The highest BCUT2D eigenvalue weighted by molar-refractivity contribution is 6.29. The number of nitrogens with one attached hydrogen (secondary N) is 1. The highest BCUT2D eigenvalue weighted by Gasteiger charge is 2.21. The zero-order valence-electron chi connectivity index (χ0n) is 17.0. The quantitative estimate of drug-likeness (QED) is 0.501. The molecule has 1 saturated heterocycles. The summed E-state index contributed by atoms with van der Waals surface area (Å²) in [7, 11) is 0. The van der Waals surface area contributed by atoms with Gasteiger partial charge in [-0.25, -0.2) is 9.78 Å². The van der Waals surface area contributed by atoms with Gasteiger partial charge in [-0.1, -0.05) is 41.9 Å². The summed E-state index contributed by atoms with van der Waals surface area (Å²) in [6.45, 7) is 2.31. The lowest BCUT2D eigenvalue weighted by Crippen LogP contribution is -2.39. The Morgan fingerprint density at radius 3 is 2.52 bits per heavy atom. The summed E-state index contributed by atoms with van der Waals surface area (Å²) in [6.07, 6.45) is 3.08. The van der Waals surface area contributed by atoms with Crippen molar-refractivity contribution in [1.82, 2.24) is 4.98 Å². The van der Waals surface area contributed by atoms with Gasteiger partial charge in [-0.2, -0.15) is 0 Å². The zero-order valence-corrected chi connectivity index (χ0v) is 17.8. The van der Waals surface area contributed by atoms with Gasteiger partial charge in [-0.3, -0.25) is 0 Å². The van der Waals surface area contributed by atoms with Crippen LogP contribution in [-0.2, 0) is 6.61 Å². The van der Waals surface area contributed by atoms with E-state index in [1.165, 1.54) is 6.20 Å². The Labute approximate surface area is 186 Å². The van der Waals surface area contributed by atoms with Crippen molar-refractivity contribution in [3.63, 3.8) is 0 Å². The molecule has 0 amide bonds. The number of rotatable bonds is 7. The number of hydrogen-bond donors (Lipinski definition) is 2. The van der Waals surface area contributed by atoms with Crippen LogP contribution in [0.5, 0.6) is 5.75 Å². The molecule has 2 heterocycles. The number of halogens is 1. The molecule has 0 bridgehead atoms. The molecular formula is C24H24ClN3O3. The third kappa shape index (κ3) is 5.47. The maximum atomic E-state index is 11.4. The molecule has 3 aromatic rings. The first-order valence-electron chi connectivity index (χ1n) is 10.3.